The summed E-state index contributed by atoms with van der Waals surface area (Å²) in [4.78, 5) is 16.4. The van der Waals surface area contributed by atoms with Crippen LogP contribution in [0.1, 0.15) is 0 Å². The number of urea groups is 1. The third-order valence-electron chi connectivity index (χ3n) is 3.02. The van der Waals surface area contributed by atoms with Crippen molar-refractivity contribution in [1.29, 1.82) is 0 Å². The lowest BCUT2D eigenvalue weighted by Gasteiger charge is -2.06. The van der Waals surface area contributed by atoms with Gasteiger partial charge >= 0.3 is 6.03 Å². The van der Waals surface area contributed by atoms with E-state index in [2.05, 4.69) is 15.6 Å². The number of ether oxygens (including phenoxy) is 1. The maximum Gasteiger partial charge on any atom is 0.325 e. The molecule has 3 rings (SSSR count). The van der Waals surface area contributed by atoms with Gasteiger partial charge in [0.15, 0.2) is 5.13 Å². The molecule has 8 heteroatoms. The first-order valence-corrected chi connectivity index (χ1v) is 8.11. The van der Waals surface area contributed by atoms with Crippen molar-refractivity contribution in [1.82, 2.24) is 4.98 Å². The Morgan fingerprint density at radius 3 is 2.65 bits per heavy atom. The number of hydrogen-bond acceptors (Lipinski definition) is 4. The average Bonchev–Trinajstić information content (AvgIpc) is 2.94. The van der Waals surface area contributed by atoms with Crippen LogP contribution in [0.25, 0.3) is 10.2 Å². The Hall–Kier alpha value is -2.02. The molecule has 0 aliphatic rings. The van der Waals surface area contributed by atoms with Crippen LogP contribution in [0.5, 0.6) is 5.75 Å². The van der Waals surface area contributed by atoms with Crippen LogP contribution in [-0.4, -0.2) is 18.1 Å². The minimum atomic E-state index is -0.438. The van der Waals surface area contributed by atoms with E-state index in [0.717, 1.165) is 4.70 Å². The van der Waals surface area contributed by atoms with Gasteiger partial charge in [0.25, 0.3) is 0 Å². The van der Waals surface area contributed by atoms with E-state index in [1.54, 1.807) is 43.5 Å². The molecule has 0 aliphatic carbocycles. The summed E-state index contributed by atoms with van der Waals surface area (Å²) in [6.45, 7) is 0. The fraction of sp³-hybridized carbons (Fsp3) is 0.0667. The Morgan fingerprint density at radius 2 is 1.91 bits per heavy atom. The van der Waals surface area contributed by atoms with E-state index >= 15 is 0 Å². The Labute approximate surface area is 146 Å². The number of para-hydroxylation sites is 1. The van der Waals surface area contributed by atoms with Gasteiger partial charge in [-0.25, -0.2) is 9.78 Å². The molecule has 0 fully saturated rings. The van der Waals surface area contributed by atoms with Gasteiger partial charge in [0.2, 0.25) is 0 Å². The van der Waals surface area contributed by atoms with Crippen molar-refractivity contribution < 1.29 is 9.53 Å². The van der Waals surface area contributed by atoms with Crippen LogP contribution in [0.15, 0.2) is 36.4 Å². The Kier molecular flexibility index (Phi) is 4.56. The monoisotopic (exact) mass is 367 g/mol. The van der Waals surface area contributed by atoms with Crippen molar-refractivity contribution >= 4 is 61.6 Å². The molecule has 0 spiro atoms. The van der Waals surface area contributed by atoms with Crippen molar-refractivity contribution in [2.45, 2.75) is 0 Å². The van der Waals surface area contributed by atoms with Crippen molar-refractivity contribution in [3.05, 3.63) is 46.4 Å². The number of rotatable bonds is 3. The van der Waals surface area contributed by atoms with Gasteiger partial charge in [0, 0.05) is 0 Å². The first kappa shape index (κ1) is 15.9. The number of hydrogen-bond donors (Lipinski definition) is 2. The van der Waals surface area contributed by atoms with Crippen LogP contribution >= 0.6 is 34.5 Å². The van der Waals surface area contributed by atoms with E-state index in [1.165, 1.54) is 11.3 Å². The van der Waals surface area contributed by atoms with Gasteiger partial charge in [-0.2, -0.15) is 0 Å². The van der Waals surface area contributed by atoms with Crippen LogP contribution in [-0.2, 0) is 0 Å². The largest absolute Gasteiger partial charge is 0.494 e. The first-order valence-electron chi connectivity index (χ1n) is 6.54. The van der Waals surface area contributed by atoms with Crippen LogP contribution in [0.4, 0.5) is 15.6 Å². The van der Waals surface area contributed by atoms with Gasteiger partial charge in [-0.05, 0) is 24.3 Å². The highest BCUT2D eigenvalue weighted by atomic mass is 35.5. The SMILES string of the molecule is COc1ccc(Cl)c2sc(NC(=O)Nc3ccccc3Cl)nc12. The molecular weight excluding hydrogens is 357 g/mol. The number of aromatic nitrogens is 1. The molecule has 2 N–H and O–H groups in total. The molecule has 0 aliphatic heterocycles. The number of amides is 2. The summed E-state index contributed by atoms with van der Waals surface area (Å²) in [6, 6.07) is 10.00. The van der Waals surface area contributed by atoms with E-state index in [1.807, 2.05) is 0 Å². The number of anilines is 2. The second kappa shape index (κ2) is 6.62. The molecule has 0 atom stereocenters. The summed E-state index contributed by atoms with van der Waals surface area (Å²) >= 11 is 13.4. The van der Waals surface area contributed by atoms with Crippen molar-refractivity contribution in [2.75, 3.05) is 17.7 Å². The Morgan fingerprint density at radius 1 is 1.13 bits per heavy atom. The minimum absolute atomic E-state index is 0.413. The summed E-state index contributed by atoms with van der Waals surface area (Å²) in [7, 11) is 1.55. The van der Waals surface area contributed by atoms with E-state index in [4.69, 9.17) is 27.9 Å². The van der Waals surface area contributed by atoms with Crippen LogP contribution in [0, 0.1) is 0 Å². The molecule has 2 amide bonds. The number of thiazole rings is 1. The highest BCUT2D eigenvalue weighted by Gasteiger charge is 2.14. The first-order chi connectivity index (χ1) is 11.1. The topological polar surface area (TPSA) is 63.2 Å². The van der Waals surface area contributed by atoms with E-state index in [-0.39, 0.29) is 0 Å². The van der Waals surface area contributed by atoms with Gasteiger partial charge in [-0.15, -0.1) is 0 Å². The van der Waals surface area contributed by atoms with E-state index < -0.39 is 6.03 Å². The van der Waals surface area contributed by atoms with E-state index in [0.29, 0.717) is 32.1 Å². The normalized spacial score (nSPS) is 10.6. The van der Waals surface area contributed by atoms with Crippen molar-refractivity contribution in [2.24, 2.45) is 0 Å². The molecule has 3 aromatic rings. The number of halogens is 2. The molecule has 23 heavy (non-hydrogen) atoms. The van der Waals surface area contributed by atoms with Crippen LogP contribution in [0.3, 0.4) is 0 Å². The molecule has 0 bridgehead atoms. The lowest BCUT2D eigenvalue weighted by molar-refractivity contribution is 0.262. The standard InChI is InChI=1S/C15H11Cl2N3O2S/c1-22-11-7-6-9(17)13-12(11)19-15(23-13)20-14(21)18-10-5-3-2-4-8(10)16/h2-7H,1H3,(H2,18,19,20,21). The van der Waals surface area contributed by atoms with Crippen LogP contribution < -0.4 is 15.4 Å². The molecule has 1 aromatic heterocycles. The predicted octanol–water partition coefficient (Wildman–Crippen LogP) is 5.26. The number of nitrogens with one attached hydrogen (secondary N) is 2. The zero-order chi connectivity index (χ0) is 16.4. The van der Waals surface area contributed by atoms with Crippen molar-refractivity contribution in [3.8, 4) is 5.75 Å². The molecule has 5 nitrogen and oxygen atoms in total. The van der Waals surface area contributed by atoms with Gasteiger partial charge in [0.1, 0.15) is 11.3 Å². The summed E-state index contributed by atoms with van der Waals surface area (Å²) in [5, 5.41) is 6.76. The van der Waals surface area contributed by atoms with Crippen molar-refractivity contribution in [3.63, 3.8) is 0 Å². The zero-order valence-corrected chi connectivity index (χ0v) is 14.2. The number of methoxy groups -OCH3 is 1. The predicted molar refractivity (Wildman–Crippen MR) is 95.3 cm³/mol. The third-order valence-corrected chi connectivity index (χ3v) is 4.78. The highest BCUT2D eigenvalue weighted by molar-refractivity contribution is 7.23. The molecule has 0 saturated heterocycles. The summed E-state index contributed by atoms with van der Waals surface area (Å²) in [5.74, 6) is 0.597. The van der Waals surface area contributed by atoms with Gasteiger partial charge in [-0.3, -0.25) is 5.32 Å². The smallest absolute Gasteiger partial charge is 0.325 e. The highest BCUT2D eigenvalue weighted by Crippen LogP contribution is 2.37. The second-order valence-electron chi connectivity index (χ2n) is 4.51. The Balaban J connectivity index is 1.83. The fourth-order valence-electron chi connectivity index (χ4n) is 1.98. The molecule has 2 aromatic carbocycles. The fourth-order valence-corrected chi connectivity index (χ4v) is 3.32. The molecule has 118 valence electrons. The van der Waals surface area contributed by atoms with Gasteiger partial charge in [0.05, 0.1) is 27.5 Å². The molecule has 0 saturated carbocycles. The van der Waals surface area contributed by atoms with Crippen LogP contribution in [0.2, 0.25) is 10.0 Å². The number of benzene rings is 2. The maximum absolute atomic E-state index is 12.1. The lowest BCUT2D eigenvalue weighted by atomic mass is 10.3. The molecule has 0 unspecified atom stereocenters. The van der Waals surface area contributed by atoms with E-state index in [9.17, 15) is 4.79 Å². The Bertz CT molecular complexity index is 882. The number of nitrogens with zero attached hydrogens (tertiary/aromatic N) is 1. The maximum atomic E-state index is 12.1. The summed E-state index contributed by atoms with van der Waals surface area (Å²) < 4.78 is 6.00. The van der Waals surface area contributed by atoms with Gasteiger partial charge < -0.3 is 10.1 Å². The summed E-state index contributed by atoms with van der Waals surface area (Å²) in [5.41, 5.74) is 1.13. The second-order valence-corrected chi connectivity index (χ2v) is 6.32. The number of fused-ring (bicyclic) bond motifs is 1. The summed E-state index contributed by atoms with van der Waals surface area (Å²) in [6.07, 6.45) is 0. The number of carbonyl (C=O) groups is 1. The van der Waals surface area contributed by atoms with Gasteiger partial charge in [-0.1, -0.05) is 46.7 Å². The lowest BCUT2D eigenvalue weighted by Crippen LogP contribution is -2.19. The zero-order valence-electron chi connectivity index (χ0n) is 11.9. The molecule has 0 radical (unpaired) electrons. The molecule has 1 heterocycles. The minimum Gasteiger partial charge on any atom is -0.494 e. The number of carbonyl (C=O) groups excluding carboxylic acids is 1. The molecular formula is C15H11Cl2N3O2S. The third kappa shape index (κ3) is 3.34. The quantitative estimate of drug-likeness (QED) is 0.663. The average molecular weight is 368 g/mol.